The standard InChI is InChI=1S/C21H25N3O3/c1-12-7-8-18-15(9-12)20-16(21(26)27-18)10-22-24(20)11-19(25)23-17-6-4-5-13(2)14(17)3/h7-10,13-14,17H,4-6,11H2,1-3H3,(H,23,25)/t13-,14+,17+/m0/s1. The van der Waals surface area contributed by atoms with E-state index in [4.69, 9.17) is 4.42 Å². The summed E-state index contributed by atoms with van der Waals surface area (Å²) >= 11 is 0. The molecule has 0 saturated heterocycles. The molecule has 27 heavy (non-hydrogen) atoms. The first-order chi connectivity index (χ1) is 12.9. The molecule has 2 heterocycles. The fourth-order valence-electron chi connectivity index (χ4n) is 4.19. The van der Waals surface area contributed by atoms with Crippen LogP contribution < -0.4 is 10.9 Å². The molecule has 0 radical (unpaired) electrons. The molecule has 1 aromatic carbocycles. The van der Waals surface area contributed by atoms with Crippen molar-refractivity contribution >= 4 is 27.8 Å². The normalized spacial score (nSPS) is 23.0. The molecule has 1 fully saturated rings. The van der Waals surface area contributed by atoms with Gasteiger partial charge in [0.2, 0.25) is 5.91 Å². The molecule has 6 heteroatoms. The Kier molecular flexibility index (Phi) is 4.50. The van der Waals surface area contributed by atoms with Crippen molar-refractivity contribution < 1.29 is 9.21 Å². The Morgan fingerprint density at radius 3 is 2.93 bits per heavy atom. The molecule has 3 aromatic rings. The van der Waals surface area contributed by atoms with E-state index in [-0.39, 0.29) is 18.5 Å². The Morgan fingerprint density at radius 2 is 2.11 bits per heavy atom. The Morgan fingerprint density at radius 1 is 1.30 bits per heavy atom. The van der Waals surface area contributed by atoms with Gasteiger partial charge in [0.15, 0.2) is 0 Å². The molecule has 0 bridgehead atoms. The molecule has 0 spiro atoms. The minimum Gasteiger partial charge on any atom is -0.422 e. The highest BCUT2D eigenvalue weighted by atomic mass is 16.4. The average molecular weight is 367 g/mol. The molecule has 3 atom stereocenters. The largest absolute Gasteiger partial charge is 0.422 e. The Hall–Kier alpha value is -2.63. The molecule has 1 aliphatic rings. The second-order valence-corrected chi connectivity index (χ2v) is 7.89. The fraction of sp³-hybridized carbons (Fsp3) is 0.476. The number of carbonyl (C=O) groups is 1. The molecule has 2 aromatic heterocycles. The first-order valence-electron chi connectivity index (χ1n) is 9.62. The van der Waals surface area contributed by atoms with Crippen molar-refractivity contribution in [1.29, 1.82) is 0 Å². The van der Waals surface area contributed by atoms with Gasteiger partial charge >= 0.3 is 5.63 Å². The van der Waals surface area contributed by atoms with Crippen molar-refractivity contribution in [1.82, 2.24) is 15.1 Å². The summed E-state index contributed by atoms with van der Waals surface area (Å²) < 4.78 is 7.00. The van der Waals surface area contributed by atoms with Gasteiger partial charge < -0.3 is 9.73 Å². The van der Waals surface area contributed by atoms with E-state index in [9.17, 15) is 9.59 Å². The van der Waals surface area contributed by atoms with Crippen molar-refractivity contribution in [3.05, 3.63) is 40.4 Å². The molecule has 6 nitrogen and oxygen atoms in total. The van der Waals surface area contributed by atoms with Crippen molar-refractivity contribution in [3.63, 3.8) is 0 Å². The number of hydrogen-bond acceptors (Lipinski definition) is 4. The van der Waals surface area contributed by atoms with Gasteiger partial charge in [-0.2, -0.15) is 5.10 Å². The third kappa shape index (κ3) is 3.24. The summed E-state index contributed by atoms with van der Waals surface area (Å²) in [7, 11) is 0. The Bertz CT molecular complexity index is 1070. The monoisotopic (exact) mass is 367 g/mol. The predicted octanol–water partition coefficient (Wildman–Crippen LogP) is 3.39. The van der Waals surface area contributed by atoms with Gasteiger partial charge in [-0.25, -0.2) is 4.79 Å². The minimum atomic E-state index is -0.428. The van der Waals surface area contributed by atoms with Gasteiger partial charge in [0.05, 0.1) is 11.7 Å². The number of benzene rings is 1. The summed E-state index contributed by atoms with van der Waals surface area (Å²) in [6.45, 7) is 6.53. The maximum atomic E-state index is 12.7. The second-order valence-electron chi connectivity index (χ2n) is 7.89. The van der Waals surface area contributed by atoms with Crippen molar-refractivity contribution in [2.75, 3.05) is 0 Å². The van der Waals surface area contributed by atoms with Gasteiger partial charge in [0.25, 0.3) is 0 Å². The third-order valence-electron chi connectivity index (χ3n) is 6.00. The lowest BCUT2D eigenvalue weighted by atomic mass is 9.78. The van der Waals surface area contributed by atoms with E-state index in [0.29, 0.717) is 28.3 Å². The zero-order chi connectivity index (χ0) is 19.1. The molecule has 1 saturated carbocycles. The highest BCUT2D eigenvalue weighted by Gasteiger charge is 2.28. The number of carbonyl (C=O) groups excluding carboxylic acids is 1. The topological polar surface area (TPSA) is 77.1 Å². The molecule has 142 valence electrons. The van der Waals surface area contributed by atoms with Crippen LogP contribution in [0.1, 0.15) is 38.7 Å². The van der Waals surface area contributed by atoms with Crippen LogP contribution in [0.3, 0.4) is 0 Å². The maximum Gasteiger partial charge on any atom is 0.347 e. The van der Waals surface area contributed by atoms with E-state index in [1.165, 1.54) is 12.6 Å². The number of nitrogens with zero attached hydrogens (tertiary/aromatic N) is 2. The molecule has 4 rings (SSSR count). The van der Waals surface area contributed by atoms with Crippen LogP contribution in [0.4, 0.5) is 0 Å². The molecular weight excluding hydrogens is 342 g/mol. The lowest BCUT2D eigenvalue weighted by Crippen LogP contribution is -2.44. The number of hydrogen-bond donors (Lipinski definition) is 1. The van der Waals surface area contributed by atoms with Gasteiger partial charge in [-0.05, 0) is 37.3 Å². The molecular formula is C21H25N3O3. The van der Waals surface area contributed by atoms with E-state index < -0.39 is 5.63 Å². The van der Waals surface area contributed by atoms with Crippen LogP contribution >= 0.6 is 0 Å². The lowest BCUT2D eigenvalue weighted by molar-refractivity contribution is -0.123. The smallest absolute Gasteiger partial charge is 0.347 e. The van der Waals surface area contributed by atoms with Gasteiger partial charge in [-0.1, -0.05) is 38.3 Å². The fourth-order valence-corrected chi connectivity index (χ4v) is 4.19. The summed E-state index contributed by atoms with van der Waals surface area (Å²) in [5.41, 5.74) is 1.79. The molecule has 1 amide bonds. The summed E-state index contributed by atoms with van der Waals surface area (Å²) in [4.78, 5) is 24.9. The summed E-state index contributed by atoms with van der Waals surface area (Å²) in [5, 5.41) is 8.68. The van der Waals surface area contributed by atoms with E-state index in [1.54, 1.807) is 10.7 Å². The number of nitrogens with one attached hydrogen (secondary N) is 1. The summed E-state index contributed by atoms with van der Waals surface area (Å²) in [6.07, 6.45) is 4.87. The number of rotatable bonds is 3. The van der Waals surface area contributed by atoms with Crippen LogP contribution in [-0.4, -0.2) is 21.7 Å². The van der Waals surface area contributed by atoms with E-state index in [1.807, 2.05) is 19.1 Å². The average Bonchev–Trinajstić information content (AvgIpc) is 3.04. The highest BCUT2D eigenvalue weighted by molar-refractivity contribution is 6.02. The van der Waals surface area contributed by atoms with Crippen LogP contribution in [0.2, 0.25) is 0 Å². The van der Waals surface area contributed by atoms with E-state index in [2.05, 4.69) is 24.3 Å². The second kappa shape index (κ2) is 6.83. The van der Waals surface area contributed by atoms with Crippen LogP contribution in [-0.2, 0) is 11.3 Å². The SMILES string of the molecule is Cc1ccc2oc(=O)c3cnn(CC(=O)N[C@@H]4CCC[C@H](C)[C@H]4C)c3c2c1. The van der Waals surface area contributed by atoms with Crippen molar-refractivity contribution in [3.8, 4) is 0 Å². The predicted molar refractivity (Wildman–Crippen MR) is 105 cm³/mol. The maximum absolute atomic E-state index is 12.7. The quantitative estimate of drug-likeness (QED) is 0.720. The van der Waals surface area contributed by atoms with Gasteiger partial charge in [0.1, 0.15) is 17.5 Å². The van der Waals surface area contributed by atoms with Gasteiger partial charge in [-0.15, -0.1) is 0 Å². The van der Waals surface area contributed by atoms with Crippen LogP contribution in [0.5, 0.6) is 0 Å². The molecule has 1 aliphatic carbocycles. The van der Waals surface area contributed by atoms with Crippen LogP contribution in [0, 0.1) is 18.8 Å². The van der Waals surface area contributed by atoms with Crippen molar-refractivity contribution in [2.45, 2.75) is 52.6 Å². The first kappa shape index (κ1) is 17.8. The van der Waals surface area contributed by atoms with Crippen LogP contribution in [0.15, 0.2) is 33.6 Å². The van der Waals surface area contributed by atoms with E-state index in [0.717, 1.165) is 23.8 Å². The highest BCUT2D eigenvalue weighted by Crippen LogP contribution is 2.29. The molecule has 0 aliphatic heterocycles. The third-order valence-corrected chi connectivity index (χ3v) is 6.00. The Balaban J connectivity index is 1.66. The molecule has 1 N–H and O–H groups in total. The number of fused-ring (bicyclic) bond motifs is 3. The van der Waals surface area contributed by atoms with Gasteiger partial charge in [0, 0.05) is 11.4 Å². The zero-order valence-corrected chi connectivity index (χ0v) is 16.0. The zero-order valence-electron chi connectivity index (χ0n) is 16.0. The minimum absolute atomic E-state index is 0.0695. The van der Waals surface area contributed by atoms with Gasteiger partial charge in [-0.3, -0.25) is 9.48 Å². The number of aromatic nitrogens is 2. The molecule has 0 unspecified atom stereocenters. The Labute approximate surface area is 157 Å². The van der Waals surface area contributed by atoms with Crippen molar-refractivity contribution in [2.24, 2.45) is 11.8 Å². The number of aryl methyl sites for hydroxylation is 1. The summed E-state index contributed by atoms with van der Waals surface area (Å²) in [6, 6.07) is 5.85. The lowest BCUT2D eigenvalue weighted by Gasteiger charge is -2.34. The van der Waals surface area contributed by atoms with Crippen LogP contribution in [0.25, 0.3) is 21.9 Å². The number of amides is 1. The first-order valence-corrected chi connectivity index (χ1v) is 9.62. The summed E-state index contributed by atoms with van der Waals surface area (Å²) in [5.74, 6) is 1.01. The van der Waals surface area contributed by atoms with E-state index >= 15 is 0 Å².